The van der Waals surface area contributed by atoms with E-state index >= 15 is 0 Å². The normalized spacial score (nSPS) is 11.1. The molecular weight excluding hydrogens is 242 g/mol. The topological polar surface area (TPSA) is 40.5 Å². The summed E-state index contributed by atoms with van der Waals surface area (Å²) in [6.45, 7) is 5.73. The number of rotatable bonds is 4. The lowest BCUT2D eigenvalue weighted by atomic mass is 10.1. The lowest BCUT2D eigenvalue weighted by Gasteiger charge is -2.11. The van der Waals surface area contributed by atoms with Gasteiger partial charge in [-0.05, 0) is 20.8 Å². The highest BCUT2D eigenvalue weighted by atomic mass is 16.5. The average molecular weight is 261 g/mol. The first kappa shape index (κ1) is 13.5. The molecule has 102 valence electrons. The highest BCUT2D eigenvalue weighted by Gasteiger charge is 2.18. The molecule has 0 bridgehead atoms. The zero-order valence-corrected chi connectivity index (χ0v) is 12.0. The van der Waals surface area contributed by atoms with Crippen LogP contribution in [-0.2, 0) is 0 Å². The summed E-state index contributed by atoms with van der Waals surface area (Å²) in [5.74, 6) is 1.42. The van der Waals surface area contributed by atoms with Gasteiger partial charge in [-0.25, -0.2) is 0 Å². The second-order valence-electron chi connectivity index (χ2n) is 4.82. The van der Waals surface area contributed by atoms with Crippen molar-refractivity contribution >= 4 is 16.7 Å². The van der Waals surface area contributed by atoms with E-state index in [1.54, 1.807) is 27.2 Å². The van der Waals surface area contributed by atoms with Crippen molar-refractivity contribution in [1.82, 2.24) is 4.57 Å². The monoisotopic (exact) mass is 261 g/mol. The molecule has 0 aliphatic heterocycles. The summed E-state index contributed by atoms with van der Waals surface area (Å²) in [7, 11) is 3.22. The summed E-state index contributed by atoms with van der Waals surface area (Å²) in [6.07, 6.45) is 1.89. The van der Waals surface area contributed by atoms with Gasteiger partial charge in [0.2, 0.25) is 0 Å². The number of nitrogens with zero attached hydrogens (tertiary/aromatic N) is 1. The molecule has 1 aromatic carbocycles. The van der Waals surface area contributed by atoms with Gasteiger partial charge in [-0.1, -0.05) is 0 Å². The molecule has 0 aliphatic carbocycles. The minimum absolute atomic E-state index is 0.0351. The van der Waals surface area contributed by atoms with E-state index < -0.39 is 0 Å². The van der Waals surface area contributed by atoms with Crippen LogP contribution in [-0.4, -0.2) is 24.6 Å². The quantitative estimate of drug-likeness (QED) is 0.791. The Hall–Kier alpha value is -1.97. The largest absolute Gasteiger partial charge is 0.497 e. The summed E-state index contributed by atoms with van der Waals surface area (Å²) < 4.78 is 12.8. The highest BCUT2D eigenvalue weighted by molar-refractivity contribution is 6.09. The Labute approximate surface area is 112 Å². The van der Waals surface area contributed by atoms with Crippen LogP contribution in [0.4, 0.5) is 0 Å². The molecule has 1 heterocycles. The molecule has 2 rings (SSSR count). The highest BCUT2D eigenvalue weighted by Crippen LogP contribution is 2.36. The first-order valence-corrected chi connectivity index (χ1v) is 6.27. The van der Waals surface area contributed by atoms with Gasteiger partial charge in [0.1, 0.15) is 11.5 Å². The van der Waals surface area contributed by atoms with Crippen molar-refractivity contribution in [3.8, 4) is 11.5 Å². The fourth-order valence-corrected chi connectivity index (χ4v) is 2.30. The van der Waals surface area contributed by atoms with Gasteiger partial charge in [0.05, 0.1) is 25.1 Å². The van der Waals surface area contributed by atoms with E-state index in [4.69, 9.17) is 9.47 Å². The van der Waals surface area contributed by atoms with Gasteiger partial charge < -0.3 is 14.0 Å². The SMILES string of the molecule is COc1cc(OC)c2c(C(C)=O)cn(C(C)C)c2c1. The van der Waals surface area contributed by atoms with Crippen LogP contribution in [0.5, 0.6) is 11.5 Å². The van der Waals surface area contributed by atoms with E-state index in [0.29, 0.717) is 11.3 Å². The molecule has 0 unspecified atom stereocenters. The number of fused-ring (bicyclic) bond motifs is 1. The van der Waals surface area contributed by atoms with Gasteiger partial charge in [0.25, 0.3) is 0 Å². The van der Waals surface area contributed by atoms with E-state index in [-0.39, 0.29) is 11.8 Å². The van der Waals surface area contributed by atoms with Crippen molar-refractivity contribution in [2.45, 2.75) is 26.8 Å². The van der Waals surface area contributed by atoms with Gasteiger partial charge in [0, 0.05) is 29.9 Å². The third kappa shape index (κ3) is 2.18. The number of methoxy groups -OCH3 is 2. The van der Waals surface area contributed by atoms with Crippen molar-refractivity contribution in [3.05, 3.63) is 23.9 Å². The number of ether oxygens (including phenoxy) is 2. The Balaban J connectivity index is 2.88. The molecule has 0 N–H and O–H groups in total. The number of ketones is 1. The average Bonchev–Trinajstić information content (AvgIpc) is 2.77. The first-order valence-electron chi connectivity index (χ1n) is 6.27. The molecule has 19 heavy (non-hydrogen) atoms. The molecule has 1 aromatic heterocycles. The van der Waals surface area contributed by atoms with Gasteiger partial charge >= 0.3 is 0 Å². The number of carbonyl (C=O) groups excluding carboxylic acids is 1. The zero-order valence-electron chi connectivity index (χ0n) is 12.0. The fraction of sp³-hybridized carbons (Fsp3) is 0.400. The van der Waals surface area contributed by atoms with Crippen LogP contribution in [0.2, 0.25) is 0 Å². The van der Waals surface area contributed by atoms with Gasteiger partial charge in [-0.2, -0.15) is 0 Å². The minimum Gasteiger partial charge on any atom is -0.497 e. The van der Waals surface area contributed by atoms with E-state index in [1.165, 1.54) is 0 Å². The molecule has 0 spiro atoms. The van der Waals surface area contributed by atoms with Crippen molar-refractivity contribution < 1.29 is 14.3 Å². The lowest BCUT2D eigenvalue weighted by Crippen LogP contribution is -1.98. The van der Waals surface area contributed by atoms with Gasteiger partial charge in [-0.3, -0.25) is 4.79 Å². The first-order chi connectivity index (χ1) is 8.99. The Morgan fingerprint density at radius 1 is 1.21 bits per heavy atom. The Kier molecular flexibility index (Phi) is 3.51. The molecule has 0 fully saturated rings. The van der Waals surface area contributed by atoms with Gasteiger partial charge in [-0.15, -0.1) is 0 Å². The molecule has 4 heteroatoms. The second kappa shape index (κ2) is 4.96. The summed E-state index contributed by atoms with van der Waals surface area (Å²) in [4.78, 5) is 11.8. The van der Waals surface area contributed by atoms with Crippen LogP contribution < -0.4 is 9.47 Å². The van der Waals surface area contributed by atoms with Crippen LogP contribution >= 0.6 is 0 Å². The van der Waals surface area contributed by atoms with Crippen LogP contribution in [0.3, 0.4) is 0 Å². The number of aromatic nitrogens is 1. The maximum atomic E-state index is 11.8. The standard InChI is InChI=1S/C15H19NO3/c1-9(2)16-8-12(10(3)17)15-13(16)6-11(18-4)7-14(15)19-5/h6-9H,1-5H3. The van der Waals surface area contributed by atoms with Crippen molar-refractivity contribution in [1.29, 1.82) is 0 Å². The van der Waals surface area contributed by atoms with Crippen molar-refractivity contribution in [2.75, 3.05) is 14.2 Å². The van der Waals surface area contributed by atoms with E-state index in [1.807, 2.05) is 12.3 Å². The summed E-state index contributed by atoms with van der Waals surface area (Å²) in [6, 6.07) is 4.00. The van der Waals surface area contributed by atoms with Crippen LogP contribution in [0.1, 0.15) is 37.2 Å². The molecule has 4 nitrogen and oxygen atoms in total. The summed E-state index contributed by atoms with van der Waals surface area (Å²) >= 11 is 0. The maximum Gasteiger partial charge on any atom is 0.162 e. The van der Waals surface area contributed by atoms with Crippen LogP contribution in [0, 0.1) is 0 Å². The Morgan fingerprint density at radius 3 is 2.37 bits per heavy atom. The molecule has 2 aromatic rings. The number of Topliss-reactive ketones (excluding diaryl/α,β-unsaturated/α-hetero) is 1. The van der Waals surface area contributed by atoms with E-state index in [0.717, 1.165) is 16.7 Å². The van der Waals surface area contributed by atoms with E-state index in [2.05, 4.69) is 18.4 Å². The van der Waals surface area contributed by atoms with Crippen molar-refractivity contribution in [2.24, 2.45) is 0 Å². The fourth-order valence-electron chi connectivity index (χ4n) is 2.30. The number of benzene rings is 1. The third-order valence-electron chi connectivity index (χ3n) is 3.26. The van der Waals surface area contributed by atoms with E-state index in [9.17, 15) is 4.79 Å². The minimum atomic E-state index is 0.0351. The molecular formula is C15H19NO3. The predicted molar refractivity (Wildman–Crippen MR) is 75.4 cm³/mol. The molecule has 0 radical (unpaired) electrons. The number of hydrogen-bond acceptors (Lipinski definition) is 3. The Bertz CT molecular complexity index is 626. The lowest BCUT2D eigenvalue weighted by molar-refractivity contribution is 0.101. The molecule has 0 aliphatic rings. The second-order valence-corrected chi connectivity index (χ2v) is 4.82. The molecule has 0 saturated carbocycles. The summed E-state index contributed by atoms with van der Waals surface area (Å²) in [5, 5.41) is 0.851. The Morgan fingerprint density at radius 2 is 1.89 bits per heavy atom. The third-order valence-corrected chi connectivity index (χ3v) is 3.26. The molecule has 0 amide bonds. The predicted octanol–water partition coefficient (Wildman–Crippen LogP) is 3.44. The number of carbonyl (C=O) groups is 1. The molecule has 0 atom stereocenters. The smallest absolute Gasteiger partial charge is 0.162 e. The summed E-state index contributed by atoms with van der Waals surface area (Å²) in [5.41, 5.74) is 1.64. The number of hydrogen-bond donors (Lipinski definition) is 0. The maximum absolute atomic E-state index is 11.8. The van der Waals surface area contributed by atoms with Crippen LogP contribution in [0.25, 0.3) is 10.9 Å². The molecule has 0 saturated heterocycles. The van der Waals surface area contributed by atoms with Crippen molar-refractivity contribution in [3.63, 3.8) is 0 Å². The van der Waals surface area contributed by atoms with Gasteiger partial charge in [0.15, 0.2) is 5.78 Å². The van der Waals surface area contributed by atoms with Crippen LogP contribution in [0.15, 0.2) is 18.3 Å². The zero-order chi connectivity index (χ0) is 14.2.